The average Bonchev–Trinajstić information content (AvgIpc) is 2.84. The Morgan fingerprint density at radius 1 is 1.32 bits per heavy atom. The van der Waals surface area contributed by atoms with Crippen molar-refractivity contribution in [1.29, 1.82) is 0 Å². The van der Waals surface area contributed by atoms with Gasteiger partial charge >= 0.3 is 5.97 Å². The number of para-hydroxylation sites is 1. The lowest BCUT2D eigenvalue weighted by atomic mass is 10.2. The fourth-order valence-corrected chi connectivity index (χ4v) is 2.82. The van der Waals surface area contributed by atoms with Crippen LogP contribution in [0.5, 0.6) is 11.6 Å². The molecule has 0 bridgehead atoms. The van der Waals surface area contributed by atoms with Crippen LogP contribution in [-0.2, 0) is 17.1 Å². The molecule has 0 fully saturated rings. The highest BCUT2D eigenvalue weighted by Crippen LogP contribution is 2.31. The molecule has 10 heteroatoms. The molecule has 9 nitrogen and oxygen atoms in total. The van der Waals surface area contributed by atoms with E-state index >= 15 is 0 Å². The molecule has 25 heavy (non-hydrogen) atoms. The summed E-state index contributed by atoms with van der Waals surface area (Å²) in [5.41, 5.74) is 0.698. The van der Waals surface area contributed by atoms with E-state index < -0.39 is 16.0 Å². The molecule has 2 heterocycles. The zero-order chi connectivity index (χ0) is 18.2. The third kappa shape index (κ3) is 3.53. The van der Waals surface area contributed by atoms with E-state index in [2.05, 4.69) is 14.7 Å². The largest absolute Gasteiger partial charge is 0.477 e. The normalized spacial score (nSPS) is 11.4. The fourth-order valence-electron chi connectivity index (χ4n) is 2.39. The van der Waals surface area contributed by atoms with Gasteiger partial charge in [0.25, 0.3) is 0 Å². The van der Waals surface area contributed by atoms with Crippen LogP contribution in [0.4, 0.5) is 5.95 Å². The molecule has 0 spiro atoms. The van der Waals surface area contributed by atoms with E-state index in [9.17, 15) is 18.3 Å². The highest BCUT2D eigenvalue weighted by molar-refractivity contribution is 7.91. The van der Waals surface area contributed by atoms with Crippen molar-refractivity contribution < 1.29 is 23.1 Å². The lowest BCUT2D eigenvalue weighted by Gasteiger charge is -2.09. The number of carboxylic acid groups (broad SMARTS) is 1. The van der Waals surface area contributed by atoms with Gasteiger partial charge in [0.2, 0.25) is 21.9 Å². The number of anilines is 1. The topological polar surface area (TPSA) is 123 Å². The van der Waals surface area contributed by atoms with Gasteiger partial charge < -0.3 is 14.4 Å². The van der Waals surface area contributed by atoms with Crippen LogP contribution < -0.4 is 9.46 Å². The van der Waals surface area contributed by atoms with E-state index in [1.165, 1.54) is 16.8 Å². The smallest absolute Gasteiger partial charge is 0.352 e. The van der Waals surface area contributed by atoms with Gasteiger partial charge in [-0.05, 0) is 12.1 Å². The number of ether oxygens (including phenoxy) is 1. The Hall–Kier alpha value is -3.14. The summed E-state index contributed by atoms with van der Waals surface area (Å²) in [5, 5.41) is 9.94. The number of aryl methyl sites for hydroxylation is 1. The van der Waals surface area contributed by atoms with Crippen molar-refractivity contribution in [3.63, 3.8) is 0 Å². The molecular formula is C15H14N4O5S. The number of benzene rings is 1. The summed E-state index contributed by atoms with van der Waals surface area (Å²) in [7, 11) is -1.89. The predicted molar refractivity (Wildman–Crippen MR) is 90.5 cm³/mol. The molecule has 0 aliphatic heterocycles. The number of carbonyl (C=O) groups is 1. The SMILES string of the molecule is Cn1c(C(=O)O)cc2cccc(Oc3ccnc(NS(C)(=O)=O)n3)c21. The number of hydrogen-bond donors (Lipinski definition) is 2. The minimum Gasteiger partial charge on any atom is -0.477 e. The fraction of sp³-hybridized carbons (Fsp3) is 0.133. The number of nitrogens with one attached hydrogen (secondary N) is 1. The first-order valence-electron chi connectivity index (χ1n) is 7.05. The second-order valence-electron chi connectivity index (χ2n) is 5.28. The quantitative estimate of drug-likeness (QED) is 0.709. The molecule has 2 N–H and O–H groups in total. The molecule has 0 unspecified atom stereocenters. The Bertz CT molecular complexity index is 1070. The molecule has 2 aromatic heterocycles. The van der Waals surface area contributed by atoms with Crippen molar-refractivity contribution in [2.75, 3.05) is 11.0 Å². The number of aromatic nitrogens is 3. The van der Waals surface area contributed by atoms with Gasteiger partial charge in [-0.1, -0.05) is 12.1 Å². The Morgan fingerprint density at radius 3 is 2.76 bits per heavy atom. The van der Waals surface area contributed by atoms with Crippen molar-refractivity contribution in [2.45, 2.75) is 0 Å². The number of hydrogen-bond acceptors (Lipinski definition) is 6. The van der Waals surface area contributed by atoms with Gasteiger partial charge in [0, 0.05) is 24.7 Å². The van der Waals surface area contributed by atoms with Crippen molar-refractivity contribution in [3.8, 4) is 11.6 Å². The van der Waals surface area contributed by atoms with Gasteiger partial charge in [-0.2, -0.15) is 4.98 Å². The van der Waals surface area contributed by atoms with Crippen LogP contribution >= 0.6 is 0 Å². The monoisotopic (exact) mass is 362 g/mol. The Balaban J connectivity index is 2.01. The first-order valence-corrected chi connectivity index (χ1v) is 8.94. The van der Waals surface area contributed by atoms with Gasteiger partial charge in [-0.3, -0.25) is 4.72 Å². The second kappa shape index (κ2) is 6.06. The third-order valence-electron chi connectivity index (χ3n) is 3.36. The summed E-state index contributed by atoms with van der Waals surface area (Å²) in [6.45, 7) is 0. The van der Waals surface area contributed by atoms with Crippen LogP contribution in [0, 0.1) is 0 Å². The van der Waals surface area contributed by atoms with Crippen LogP contribution in [0.3, 0.4) is 0 Å². The van der Waals surface area contributed by atoms with E-state index in [-0.39, 0.29) is 17.5 Å². The Kier molecular flexibility index (Phi) is 4.05. The summed E-state index contributed by atoms with van der Waals surface area (Å²) >= 11 is 0. The lowest BCUT2D eigenvalue weighted by molar-refractivity contribution is 0.0687. The zero-order valence-electron chi connectivity index (χ0n) is 13.3. The standard InChI is InChI=1S/C15H14N4O5S/c1-19-10(14(20)21)8-9-4-3-5-11(13(9)19)24-12-6-7-16-15(17-12)18-25(2,22)23/h3-8H,1-2H3,(H,20,21)(H,16,17,18). The highest BCUT2D eigenvalue weighted by Gasteiger charge is 2.16. The van der Waals surface area contributed by atoms with Gasteiger partial charge in [0.1, 0.15) is 5.69 Å². The molecule has 0 saturated carbocycles. The van der Waals surface area contributed by atoms with Gasteiger partial charge in [-0.15, -0.1) is 0 Å². The molecule has 3 rings (SSSR count). The van der Waals surface area contributed by atoms with E-state index in [1.807, 2.05) is 0 Å². The second-order valence-corrected chi connectivity index (χ2v) is 7.03. The van der Waals surface area contributed by atoms with Crippen LogP contribution in [0.2, 0.25) is 0 Å². The molecule has 3 aromatic rings. The summed E-state index contributed by atoms with van der Waals surface area (Å²) in [6.07, 6.45) is 2.34. The van der Waals surface area contributed by atoms with Crippen molar-refractivity contribution in [2.24, 2.45) is 7.05 Å². The molecule has 0 aliphatic carbocycles. The molecule has 0 saturated heterocycles. The summed E-state index contributed by atoms with van der Waals surface area (Å²) < 4.78 is 31.9. The Labute approximate surface area is 143 Å². The van der Waals surface area contributed by atoms with Crippen LogP contribution in [0.1, 0.15) is 10.5 Å². The minimum atomic E-state index is -3.51. The van der Waals surface area contributed by atoms with Crippen molar-refractivity contribution >= 4 is 32.8 Å². The Morgan fingerprint density at radius 2 is 2.08 bits per heavy atom. The van der Waals surface area contributed by atoms with Crippen LogP contribution in [0.15, 0.2) is 36.5 Å². The number of fused-ring (bicyclic) bond motifs is 1. The van der Waals surface area contributed by atoms with Crippen molar-refractivity contribution in [3.05, 3.63) is 42.2 Å². The minimum absolute atomic E-state index is 0.117. The third-order valence-corrected chi connectivity index (χ3v) is 3.91. The molecular weight excluding hydrogens is 348 g/mol. The van der Waals surface area contributed by atoms with E-state index in [1.54, 1.807) is 31.3 Å². The highest BCUT2D eigenvalue weighted by atomic mass is 32.2. The number of nitrogens with zero attached hydrogens (tertiary/aromatic N) is 3. The van der Waals surface area contributed by atoms with Gasteiger partial charge in [0.05, 0.1) is 11.8 Å². The van der Waals surface area contributed by atoms with Crippen LogP contribution in [0.25, 0.3) is 10.9 Å². The van der Waals surface area contributed by atoms with Gasteiger partial charge in [-0.25, -0.2) is 18.2 Å². The first kappa shape index (κ1) is 16.7. The van der Waals surface area contributed by atoms with Crippen LogP contribution in [-0.4, -0.2) is 40.3 Å². The number of aromatic carboxylic acids is 1. The molecule has 0 atom stereocenters. The molecule has 0 amide bonds. The molecule has 130 valence electrons. The average molecular weight is 362 g/mol. The maximum Gasteiger partial charge on any atom is 0.352 e. The maximum absolute atomic E-state index is 11.3. The lowest BCUT2D eigenvalue weighted by Crippen LogP contribution is -2.12. The first-order chi connectivity index (χ1) is 11.7. The molecule has 0 aliphatic rings. The predicted octanol–water partition coefficient (Wildman–Crippen LogP) is 1.83. The van der Waals surface area contributed by atoms with Gasteiger partial charge in [0.15, 0.2) is 5.75 Å². The molecule has 0 radical (unpaired) electrons. The van der Waals surface area contributed by atoms with E-state index in [0.717, 1.165) is 6.26 Å². The maximum atomic E-state index is 11.3. The summed E-state index contributed by atoms with van der Waals surface area (Å²) in [6, 6.07) is 8.17. The number of carboxylic acids is 1. The zero-order valence-corrected chi connectivity index (χ0v) is 14.1. The summed E-state index contributed by atoms with van der Waals surface area (Å²) in [4.78, 5) is 19.1. The number of sulfonamides is 1. The van der Waals surface area contributed by atoms with E-state index in [4.69, 9.17) is 4.74 Å². The summed E-state index contributed by atoms with van der Waals surface area (Å²) in [5.74, 6) is -0.667. The molecule has 1 aromatic carbocycles. The van der Waals surface area contributed by atoms with Crippen molar-refractivity contribution in [1.82, 2.24) is 14.5 Å². The number of rotatable bonds is 5. The van der Waals surface area contributed by atoms with E-state index in [0.29, 0.717) is 16.7 Å².